The number of carbonyl (C=O) groups excluding carboxylic acids is 2. The number of hydrogen-bond donors (Lipinski definition) is 0. The minimum absolute atomic E-state index is 0.209. The van der Waals surface area contributed by atoms with E-state index in [1.54, 1.807) is 13.0 Å². The molecule has 1 aliphatic heterocycles. The third-order valence-electron chi connectivity index (χ3n) is 2.62. The summed E-state index contributed by atoms with van der Waals surface area (Å²) < 4.78 is 10.1. The van der Waals surface area contributed by atoms with Crippen LogP contribution in [-0.4, -0.2) is 30.1 Å². The molecule has 1 aliphatic rings. The van der Waals surface area contributed by atoms with Crippen molar-refractivity contribution in [3.63, 3.8) is 0 Å². The topological polar surface area (TPSA) is 55.8 Å². The first-order valence-electron chi connectivity index (χ1n) is 6.12. The summed E-state index contributed by atoms with van der Waals surface area (Å²) in [5, 5.41) is 0. The van der Waals surface area contributed by atoms with Gasteiger partial charge in [-0.25, -0.2) is 9.69 Å². The second-order valence-electron chi connectivity index (χ2n) is 3.99. The van der Waals surface area contributed by atoms with Gasteiger partial charge in [0.1, 0.15) is 6.61 Å². The number of amides is 1. The van der Waals surface area contributed by atoms with E-state index in [-0.39, 0.29) is 18.3 Å². The molecule has 5 heteroatoms. The van der Waals surface area contributed by atoms with E-state index in [0.717, 1.165) is 5.56 Å². The van der Waals surface area contributed by atoms with E-state index in [2.05, 4.69) is 0 Å². The number of esters is 1. The molecule has 0 radical (unpaired) electrons. The molecule has 1 fully saturated rings. The summed E-state index contributed by atoms with van der Waals surface area (Å²) in [5.74, 6) is -0.178. The van der Waals surface area contributed by atoms with Crippen molar-refractivity contribution in [2.45, 2.75) is 13.3 Å². The first-order valence-corrected chi connectivity index (χ1v) is 6.12. The molecule has 1 heterocycles. The Morgan fingerprint density at radius 2 is 2.16 bits per heavy atom. The van der Waals surface area contributed by atoms with E-state index >= 15 is 0 Å². The van der Waals surface area contributed by atoms with E-state index in [0.29, 0.717) is 13.2 Å². The van der Waals surface area contributed by atoms with Crippen molar-refractivity contribution in [3.8, 4) is 0 Å². The lowest BCUT2D eigenvalue weighted by atomic mass is 10.2. The van der Waals surface area contributed by atoms with Crippen LogP contribution in [0.2, 0.25) is 0 Å². The van der Waals surface area contributed by atoms with Gasteiger partial charge in [-0.15, -0.1) is 0 Å². The Morgan fingerprint density at radius 3 is 2.74 bits per heavy atom. The molecule has 1 aromatic carbocycles. The molecule has 1 amide bonds. The van der Waals surface area contributed by atoms with Crippen LogP contribution in [0.5, 0.6) is 0 Å². The maximum atomic E-state index is 11.5. The van der Waals surface area contributed by atoms with Crippen LogP contribution in [0.3, 0.4) is 0 Å². The Labute approximate surface area is 111 Å². The first kappa shape index (κ1) is 13.1. The zero-order valence-corrected chi connectivity index (χ0v) is 10.7. The molecule has 1 aromatic rings. The van der Waals surface area contributed by atoms with E-state index in [1.165, 1.54) is 4.90 Å². The standard InChI is InChI=1S/C14H15NO4/c1-2-13(16)19-12(15-8-9-18-14(15)17)10-11-6-4-3-5-7-11/h3-7,10H,2,8-9H2,1H3/b12-10+. The average Bonchev–Trinajstić information content (AvgIpc) is 2.85. The molecule has 0 spiro atoms. The predicted octanol–water partition coefficient (Wildman–Crippen LogP) is 2.39. The van der Waals surface area contributed by atoms with Crippen LogP contribution < -0.4 is 0 Å². The van der Waals surface area contributed by atoms with Gasteiger partial charge >= 0.3 is 12.1 Å². The fraction of sp³-hybridized carbons (Fsp3) is 0.286. The van der Waals surface area contributed by atoms with Gasteiger partial charge in [-0.2, -0.15) is 0 Å². The van der Waals surface area contributed by atoms with Gasteiger partial charge in [-0.1, -0.05) is 37.3 Å². The summed E-state index contributed by atoms with van der Waals surface area (Å²) in [5.41, 5.74) is 0.848. The molecule has 0 aromatic heterocycles. The molecule has 5 nitrogen and oxygen atoms in total. The number of carbonyl (C=O) groups is 2. The van der Waals surface area contributed by atoms with Gasteiger partial charge in [0.25, 0.3) is 0 Å². The molecule has 100 valence electrons. The summed E-state index contributed by atoms with van der Waals surface area (Å²) >= 11 is 0. The van der Waals surface area contributed by atoms with Crippen LogP contribution in [0, 0.1) is 0 Å². The fourth-order valence-corrected chi connectivity index (χ4v) is 1.64. The summed E-state index contributed by atoms with van der Waals surface area (Å²) in [7, 11) is 0. The molecule has 0 saturated carbocycles. The Balaban J connectivity index is 2.26. The fourth-order valence-electron chi connectivity index (χ4n) is 1.64. The molecule has 0 unspecified atom stereocenters. The first-order chi connectivity index (χ1) is 9.20. The average molecular weight is 261 g/mol. The number of benzene rings is 1. The van der Waals surface area contributed by atoms with Crippen LogP contribution >= 0.6 is 0 Å². The van der Waals surface area contributed by atoms with E-state index < -0.39 is 6.09 Å². The highest BCUT2D eigenvalue weighted by Crippen LogP contribution is 2.17. The van der Waals surface area contributed by atoms with Crippen molar-refractivity contribution in [2.75, 3.05) is 13.2 Å². The van der Waals surface area contributed by atoms with Gasteiger partial charge < -0.3 is 9.47 Å². The highest BCUT2D eigenvalue weighted by molar-refractivity contribution is 5.76. The van der Waals surface area contributed by atoms with Crippen molar-refractivity contribution in [1.82, 2.24) is 4.90 Å². The van der Waals surface area contributed by atoms with Crippen molar-refractivity contribution in [3.05, 3.63) is 41.8 Å². The Kier molecular flexibility index (Phi) is 4.18. The van der Waals surface area contributed by atoms with E-state index in [9.17, 15) is 9.59 Å². The molecular weight excluding hydrogens is 246 g/mol. The SMILES string of the molecule is CCC(=O)O/C(=C/c1ccccc1)N1CCOC1=O. The van der Waals surface area contributed by atoms with Crippen molar-refractivity contribution >= 4 is 18.1 Å². The van der Waals surface area contributed by atoms with E-state index in [4.69, 9.17) is 9.47 Å². The molecule has 0 atom stereocenters. The van der Waals surface area contributed by atoms with Crippen molar-refractivity contribution < 1.29 is 19.1 Å². The Morgan fingerprint density at radius 1 is 1.42 bits per heavy atom. The summed E-state index contributed by atoms with van der Waals surface area (Å²) in [6, 6.07) is 9.35. The van der Waals surface area contributed by atoms with Gasteiger partial charge in [0.2, 0.25) is 5.88 Å². The van der Waals surface area contributed by atoms with Gasteiger partial charge in [-0.05, 0) is 5.56 Å². The Bertz CT molecular complexity index is 495. The lowest BCUT2D eigenvalue weighted by Gasteiger charge is -2.16. The number of ether oxygens (including phenoxy) is 2. The molecule has 19 heavy (non-hydrogen) atoms. The number of hydrogen-bond acceptors (Lipinski definition) is 4. The minimum Gasteiger partial charge on any atom is -0.447 e. The normalized spacial score (nSPS) is 15.3. The van der Waals surface area contributed by atoms with Crippen LogP contribution in [0.4, 0.5) is 4.79 Å². The second kappa shape index (κ2) is 6.04. The molecule has 1 saturated heterocycles. The molecule has 2 rings (SSSR count). The summed E-state index contributed by atoms with van der Waals surface area (Å²) in [6.45, 7) is 2.38. The van der Waals surface area contributed by atoms with Crippen LogP contribution in [0.15, 0.2) is 36.2 Å². The lowest BCUT2D eigenvalue weighted by Crippen LogP contribution is -2.26. The molecular formula is C14H15NO4. The highest BCUT2D eigenvalue weighted by Gasteiger charge is 2.27. The minimum atomic E-state index is -0.494. The monoisotopic (exact) mass is 261 g/mol. The highest BCUT2D eigenvalue weighted by atomic mass is 16.6. The summed E-state index contributed by atoms with van der Waals surface area (Å²) in [6.07, 6.45) is 1.40. The second-order valence-corrected chi connectivity index (χ2v) is 3.99. The molecule has 0 aliphatic carbocycles. The van der Waals surface area contributed by atoms with Crippen LogP contribution in [0.1, 0.15) is 18.9 Å². The number of cyclic esters (lactones) is 1. The van der Waals surface area contributed by atoms with Crippen molar-refractivity contribution in [2.24, 2.45) is 0 Å². The van der Waals surface area contributed by atoms with Gasteiger partial charge in [0.05, 0.1) is 6.54 Å². The largest absolute Gasteiger partial charge is 0.447 e. The Hall–Kier alpha value is -2.30. The van der Waals surface area contributed by atoms with Crippen molar-refractivity contribution in [1.29, 1.82) is 0 Å². The smallest absolute Gasteiger partial charge is 0.416 e. The van der Waals surface area contributed by atoms with Gasteiger partial charge in [0, 0.05) is 12.5 Å². The molecule has 0 N–H and O–H groups in total. The maximum absolute atomic E-state index is 11.5. The third-order valence-corrected chi connectivity index (χ3v) is 2.62. The lowest BCUT2D eigenvalue weighted by molar-refractivity contribution is -0.140. The summed E-state index contributed by atoms with van der Waals surface area (Å²) in [4.78, 5) is 24.3. The third kappa shape index (κ3) is 3.34. The quantitative estimate of drug-likeness (QED) is 0.617. The van der Waals surface area contributed by atoms with Crippen LogP contribution in [-0.2, 0) is 14.3 Å². The number of nitrogens with zero attached hydrogens (tertiary/aromatic N) is 1. The zero-order chi connectivity index (χ0) is 13.7. The van der Waals surface area contributed by atoms with E-state index in [1.807, 2.05) is 30.3 Å². The van der Waals surface area contributed by atoms with Gasteiger partial charge in [0.15, 0.2) is 0 Å². The zero-order valence-electron chi connectivity index (χ0n) is 10.7. The van der Waals surface area contributed by atoms with Crippen LogP contribution in [0.25, 0.3) is 6.08 Å². The number of rotatable bonds is 4. The maximum Gasteiger partial charge on any atom is 0.416 e. The molecule has 0 bridgehead atoms. The van der Waals surface area contributed by atoms with Gasteiger partial charge in [-0.3, -0.25) is 4.79 Å². The predicted molar refractivity (Wildman–Crippen MR) is 68.9 cm³/mol.